The van der Waals surface area contributed by atoms with Gasteiger partial charge >= 0.3 is 5.97 Å². The van der Waals surface area contributed by atoms with Gasteiger partial charge in [-0.2, -0.15) is 0 Å². The van der Waals surface area contributed by atoms with Gasteiger partial charge < -0.3 is 5.11 Å². The topological polar surface area (TPSA) is 67.3 Å². The van der Waals surface area contributed by atoms with Gasteiger partial charge in [-0.15, -0.1) is 11.3 Å². The molecule has 1 N–H and O–H groups in total. The van der Waals surface area contributed by atoms with Crippen LogP contribution in [0.15, 0.2) is 29.6 Å². The number of halogens is 1. The molecule has 0 saturated carbocycles. The van der Waals surface area contributed by atoms with E-state index in [-0.39, 0.29) is 24.4 Å². The lowest BCUT2D eigenvalue weighted by Crippen LogP contribution is -2.19. The molecule has 0 aliphatic heterocycles. The Bertz CT molecular complexity index is 729. The molecule has 1 unspecified atom stereocenters. The fourth-order valence-electron chi connectivity index (χ4n) is 2.64. The Balaban J connectivity index is 1.95. The van der Waals surface area contributed by atoms with Crippen LogP contribution in [-0.2, 0) is 16.0 Å². The van der Waals surface area contributed by atoms with E-state index in [1.807, 2.05) is 0 Å². The molecule has 2 rings (SSSR count). The van der Waals surface area contributed by atoms with Crippen molar-refractivity contribution in [2.24, 2.45) is 5.92 Å². The first-order chi connectivity index (χ1) is 12.0. The molecular formula is C19H22FNO3S. The largest absolute Gasteiger partial charge is 0.481 e. The summed E-state index contributed by atoms with van der Waals surface area (Å²) in [5, 5.41) is 11.7. The Morgan fingerprint density at radius 3 is 2.80 bits per heavy atom. The standard InChI is InChI=1S/C19H22FNO3S/c1-2-3-4-6-14(19(23)24)10-17(22)11-16-12-25-18(21-16)13-7-5-8-15(20)9-13/h5,7-9,12,14H,2-4,6,10-11H2,1H3,(H,23,24). The highest BCUT2D eigenvalue weighted by Gasteiger charge is 2.21. The summed E-state index contributed by atoms with van der Waals surface area (Å²) in [4.78, 5) is 27.9. The molecule has 0 saturated heterocycles. The summed E-state index contributed by atoms with van der Waals surface area (Å²) in [5.74, 6) is -2.00. The van der Waals surface area contributed by atoms with Crippen molar-refractivity contribution >= 4 is 23.1 Å². The summed E-state index contributed by atoms with van der Waals surface area (Å²) in [7, 11) is 0. The zero-order valence-electron chi connectivity index (χ0n) is 14.2. The van der Waals surface area contributed by atoms with Crippen LogP contribution in [0.3, 0.4) is 0 Å². The summed E-state index contributed by atoms with van der Waals surface area (Å²) >= 11 is 1.35. The van der Waals surface area contributed by atoms with E-state index in [9.17, 15) is 19.1 Å². The van der Waals surface area contributed by atoms with Crippen LogP contribution in [0.25, 0.3) is 10.6 Å². The van der Waals surface area contributed by atoms with Gasteiger partial charge in [-0.05, 0) is 18.6 Å². The van der Waals surface area contributed by atoms with Crippen LogP contribution >= 0.6 is 11.3 Å². The summed E-state index contributed by atoms with van der Waals surface area (Å²) in [6.45, 7) is 2.05. The molecule has 1 aromatic carbocycles. The van der Waals surface area contributed by atoms with E-state index in [0.717, 1.165) is 19.3 Å². The normalized spacial score (nSPS) is 12.1. The number of aliphatic carboxylic acids is 1. The number of Topliss-reactive ketones (excluding diaryl/α,β-unsaturated/α-hetero) is 1. The minimum atomic E-state index is -0.914. The quantitative estimate of drug-likeness (QED) is 0.620. The van der Waals surface area contributed by atoms with Gasteiger partial charge in [0.2, 0.25) is 0 Å². The number of unbranched alkanes of at least 4 members (excludes halogenated alkanes) is 2. The number of carbonyl (C=O) groups excluding carboxylic acids is 1. The van der Waals surface area contributed by atoms with Crippen molar-refractivity contribution in [3.63, 3.8) is 0 Å². The van der Waals surface area contributed by atoms with Crippen molar-refractivity contribution in [2.45, 2.75) is 45.4 Å². The van der Waals surface area contributed by atoms with Gasteiger partial charge in [0.05, 0.1) is 11.6 Å². The van der Waals surface area contributed by atoms with Crippen molar-refractivity contribution in [3.8, 4) is 10.6 Å². The first-order valence-corrected chi connectivity index (χ1v) is 9.32. The minimum Gasteiger partial charge on any atom is -0.481 e. The average molecular weight is 363 g/mol. The second kappa shape index (κ2) is 9.42. The Morgan fingerprint density at radius 2 is 2.12 bits per heavy atom. The maximum Gasteiger partial charge on any atom is 0.306 e. The van der Waals surface area contributed by atoms with Crippen LogP contribution in [0.4, 0.5) is 4.39 Å². The second-order valence-corrected chi connectivity index (χ2v) is 6.96. The molecule has 0 fully saturated rings. The number of ketones is 1. The predicted molar refractivity (Wildman–Crippen MR) is 96.1 cm³/mol. The molecule has 0 aliphatic carbocycles. The number of carboxylic acid groups (broad SMARTS) is 1. The number of nitrogens with zero attached hydrogens (tertiary/aromatic N) is 1. The highest BCUT2D eigenvalue weighted by molar-refractivity contribution is 7.13. The summed E-state index contributed by atoms with van der Waals surface area (Å²) in [6.07, 6.45) is 3.49. The third-order valence-corrected chi connectivity index (χ3v) is 4.92. The molecule has 134 valence electrons. The number of rotatable bonds is 10. The van der Waals surface area contributed by atoms with Crippen molar-refractivity contribution in [1.29, 1.82) is 0 Å². The average Bonchev–Trinajstić information content (AvgIpc) is 3.02. The fraction of sp³-hybridized carbons (Fsp3) is 0.421. The zero-order valence-corrected chi connectivity index (χ0v) is 15.0. The van der Waals surface area contributed by atoms with E-state index in [4.69, 9.17) is 0 Å². The maximum absolute atomic E-state index is 13.3. The molecule has 4 nitrogen and oxygen atoms in total. The van der Waals surface area contributed by atoms with E-state index in [1.54, 1.807) is 17.5 Å². The minimum absolute atomic E-state index is 0.0336. The lowest BCUT2D eigenvalue weighted by Gasteiger charge is -2.10. The number of hydrogen-bond donors (Lipinski definition) is 1. The highest BCUT2D eigenvalue weighted by Crippen LogP contribution is 2.25. The Kier molecular flexibility index (Phi) is 7.25. The van der Waals surface area contributed by atoms with Crippen LogP contribution in [0.2, 0.25) is 0 Å². The molecule has 1 atom stereocenters. The van der Waals surface area contributed by atoms with Crippen LogP contribution in [0, 0.1) is 11.7 Å². The van der Waals surface area contributed by atoms with E-state index in [0.29, 0.717) is 22.7 Å². The SMILES string of the molecule is CCCCCC(CC(=O)Cc1csc(-c2cccc(F)c2)n1)C(=O)O. The van der Waals surface area contributed by atoms with E-state index >= 15 is 0 Å². The van der Waals surface area contributed by atoms with Crippen molar-refractivity contribution < 1.29 is 19.1 Å². The Morgan fingerprint density at radius 1 is 1.32 bits per heavy atom. The molecule has 0 bridgehead atoms. The van der Waals surface area contributed by atoms with E-state index in [1.165, 1.54) is 23.5 Å². The lowest BCUT2D eigenvalue weighted by atomic mass is 9.94. The summed E-state index contributed by atoms with van der Waals surface area (Å²) in [5.41, 5.74) is 1.28. The van der Waals surface area contributed by atoms with Crippen LogP contribution in [0.5, 0.6) is 0 Å². The monoisotopic (exact) mass is 363 g/mol. The van der Waals surface area contributed by atoms with Gasteiger partial charge in [0.25, 0.3) is 0 Å². The molecule has 25 heavy (non-hydrogen) atoms. The molecule has 0 amide bonds. The summed E-state index contributed by atoms with van der Waals surface area (Å²) < 4.78 is 13.3. The molecule has 2 aromatic rings. The number of carboxylic acids is 1. The number of hydrogen-bond acceptors (Lipinski definition) is 4. The van der Waals surface area contributed by atoms with Gasteiger partial charge in [0.1, 0.15) is 16.6 Å². The number of benzene rings is 1. The first-order valence-electron chi connectivity index (χ1n) is 8.44. The molecule has 0 radical (unpaired) electrons. The van der Waals surface area contributed by atoms with Crippen LogP contribution in [0.1, 0.15) is 44.7 Å². The molecule has 6 heteroatoms. The molecule has 0 aliphatic rings. The first kappa shape index (κ1) is 19.2. The maximum atomic E-state index is 13.3. The molecule has 1 heterocycles. The van der Waals surface area contributed by atoms with Crippen LogP contribution in [-0.4, -0.2) is 21.8 Å². The Hall–Kier alpha value is -2.08. The number of carbonyl (C=O) groups is 2. The predicted octanol–water partition coefficient (Wildman–Crippen LogP) is 4.73. The van der Waals surface area contributed by atoms with E-state index in [2.05, 4.69) is 11.9 Å². The van der Waals surface area contributed by atoms with E-state index < -0.39 is 11.9 Å². The fourth-order valence-corrected chi connectivity index (χ4v) is 3.46. The Labute approximate surface area is 150 Å². The van der Waals surface area contributed by atoms with Crippen molar-refractivity contribution in [2.75, 3.05) is 0 Å². The number of aromatic nitrogens is 1. The highest BCUT2D eigenvalue weighted by atomic mass is 32.1. The smallest absolute Gasteiger partial charge is 0.306 e. The van der Waals surface area contributed by atoms with Gasteiger partial charge in [-0.1, -0.05) is 38.3 Å². The number of thiazole rings is 1. The lowest BCUT2D eigenvalue weighted by molar-refractivity contribution is -0.144. The summed E-state index contributed by atoms with van der Waals surface area (Å²) in [6, 6.07) is 6.15. The second-order valence-electron chi connectivity index (χ2n) is 6.10. The third kappa shape index (κ3) is 6.05. The van der Waals surface area contributed by atoms with Crippen LogP contribution < -0.4 is 0 Å². The van der Waals surface area contributed by atoms with Gasteiger partial charge in [-0.3, -0.25) is 9.59 Å². The molecule has 1 aromatic heterocycles. The molecule has 0 spiro atoms. The third-order valence-electron chi connectivity index (χ3n) is 3.98. The zero-order chi connectivity index (χ0) is 18.2. The van der Waals surface area contributed by atoms with Crippen molar-refractivity contribution in [3.05, 3.63) is 41.2 Å². The van der Waals surface area contributed by atoms with Crippen molar-refractivity contribution in [1.82, 2.24) is 4.98 Å². The van der Waals surface area contributed by atoms with Gasteiger partial charge in [0, 0.05) is 23.8 Å². The van der Waals surface area contributed by atoms with Gasteiger partial charge in [0.15, 0.2) is 0 Å². The molecular weight excluding hydrogens is 341 g/mol. The van der Waals surface area contributed by atoms with Gasteiger partial charge in [-0.25, -0.2) is 9.37 Å².